The molecule has 1 aliphatic carbocycles. The molecular formula is C31H31N5O5. The second kappa shape index (κ2) is 11.7. The average molecular weight is 554 g/mol. The maximum Gasteiger partial charge on any atom is 0.247 e. The Morgan fingerprint density at radius 3 is 2.71 bits per heavy atom. The van der Waals surface area contributed by atoms with Gasteiger partial charge in [0.05, 0.1) is 12.6 Å². The van der Waals surface area contributed by atoms with Crippen molar-refractivity contribution in [3.8, 4) is 17.2 Å². The van der Waals surface area contributed by atoms with E-state index in [4.69, 9.17) is 14.2 Å². The molecule has 41 heavy (non-hydrogen) atoms. The van der Waals surface area contributed by atoms with Crippen LogP contribution in [0.25, 0.3) is 11.0 Å². The summed E-state index contributed by atoms with van der Waals surface area (Å²) in [5.41, 5.74) is 2.92. The molecule has 1 aromatic heterocycles. The minimum absolute atomic E-state index is 0.0486. The van der Waals surface area contributed by atoms with Gasteiger partial charge in [-0.1, -0.05) is 41.6 Å². The van der Waals surface area contributed by atoms with Gasteiger partial charge in [0, 0.05) is 18.3 Å². The van der Waals surface area contributed by atoms with Crippen LogP contribution in [0.15, 0.2) is 78.9 Å². The van der Waals surface area contributed by atoms with Gasteiger partial charge >= 0.3 is 0 Å². The molecule has 10 heteroatoms. The van der Waals surface area contributed by atoms with Crippen molar-refractivity contribution in [2.45, 2.75) is 38.4 Å². The molecule has 1 N–H and O–H groups in total. The number of allylic oxidation sites excluding steroid dienone is 2. The van der Waals surface area contributed by atoms with Crippen LogP contribution in [0.1, 0.15) is 24.8 Å². The molecule has 0 spiro atoms. The molecule has 0 bridgehead atoms. The van der Waals surface area contributed by atoms with Crippen molar-refractivity contribution in [3.05, 3.63) is 84.4 Å². The van der Waals surface area contributed by atoms with Gasteiger partial charge in [-0.25, -0.2) is 4.68 Å². The van der Waals surface area contributed by atoms with E-state index < -0.39 is 6.04 Å². The summed E-state index contributed by atoms with van der Waals surface area (Å²) in [6, 6.07) is 19.6. The van der Waals surface area contributed by atoms with Crippen LogP contribution >= 0.6 is 0 Å². The summed E-state index contributed by atoms with van der Waals surface area (Å²) in [5, 5.41) is 11.5. The lowest BCUT2D eigenvalue weighted by Crippen LogP contribution is -2.52. The number of para-hydroxylation sites is 1. The Morgan fingerprint density at radius 2 is 1.90 bits per heavy atom. The standard InChI is InChI=1S/C31H31N5O5/c1-39-24-14-11-21(12-15-24)18-35(29(37)19-36-26-10-6-5-9-25(26)33-34-36)30(22-7-3-2-4-8-22)31(38)32-23-13-16-27-28(17-23)41-20-40-27/h2-3,5-6,9-17,22,30H,4,7-8,18-20H2,1H3,(H,32,38)/t22-,30-/m1/s1. The van der Waals surface area contributed by atoms with Crippen LogP contribution in [-0.2, 0) is 22.7 Å². The number of ether oxygens (including phenoxy) is 3. The minimum atomic E-state index is -0.727. The first-order valence-electron chi connectivity index (χ1n) is 13.6. The summed E-state index contributed by atoms with van der Waals surface area (Å²) in [6.07, 6.45) is 6.54. The van der Waals surface area contributed by atoms with E-state index in [9.17, 15) is 9.59 Å². The zero-order chi connectivity index (χ0) is 28.2. The van der Waals surface area contributed by atoms with Gasteiger partial charge in [-0.15, -0.1) is 5.10 Å². The molecule has 2 amide bonds. The number of anilines is 1. The fourth-order valence-electron chi connectivity index (χ4n) is 5.43. The van der Waals surface area contributed by atoms with E-state index in [-0.39, 0.29) is 37.6 Å². The number of rotatable bonds is 9. The Hall–Kier alpha value is -4.86. The van der Waals surface area contributed by atoms with Gasteiger partial charge in [-0.2, -0.15) is 0 Å². The Kier molecular flexibility index (Phi) is 7.53. The summed E-state index contributed by atoms with van der Waals surface area (Å²) in [7, 11) is 1.61. The maximum atomic E-state index is 14.2. The number of carbonyl (C=O) groups is 2. The molecule has 4 aromatic rings. The number of amides is 2. The summed E-state index contributed by atoms with van der Waals surface area (Å²) in [5.74, 6) is 1.38. The molecule has 2 heterocycles. The summed E-state index contributed by atoms with van der Waals surface area (Å²) in [4.78, 5) is 29.9. The first-order chi connectivity index (χ1) is 20.1. The highest BCUT2D eigenvalue weighted by Gasteiger charge is 2.37. The van der Waals surface area contributed by atoms with Gasteiger partial charge in [-0.05, 0) is 67.1 Å². The van der Waals surface area contributed by atoms with Crippen LogP contribution < -0.4 is 19.5 Å². The first-order valence-corrected chi connectivity index (χ1v) is 13.6. The molecule has 0 radical (unpaired) electrons. The van der Waals surface area contributed by atoms with Crippen molar-refractivity contribution in [1.82, 2.24) is 19.9 Å². The number of hydrogen-bond acceptors (Lipinski definition) is 7. The zero-order valence-corrected chi connectivity index (χ0v) is 22.7. The third-order valence-electron chi connectivity index (χ3n) is 7.54. The predicted molar refractivity (Wildman–Crippen MR) is 153 cm³/mol. The fourth-order valence-corrected chi connectivity index (χ4v) is 5.43. The number of fused-ring (bicyclic) bond motifs is 2. The molecule has 10 nitrogen and oxygen atoms in total. The molecule has 0 fully saturated rings. The number of hydrogen-bond donors (Lipinski definition) is 1. The summed E-state index contributed by atoms with van der Waals surface area (Å²) < 4.78 is 17.8. The Balaban J connectivity index is 1.34. The number of aromatic nitrogens is 3. The number of nitrogens with zero attached hydrogens (tertiary/aromatic N) is 4. The van der Waals surface area contributed by atoms with Crippen molar-refractivity contribution < 1.29 is 23.8 Å². The van der Waals surface area contributed by atoms with Crippen molar-refractivity contribution in [1.29, 1.82) is 0 Å². The van der Waals surface area contributed by atoms with Gasteiger partial charge < -0.3 is 24.4 Å². The fraction of sp³-hybridized carbons (Fsp3) is 0.290. The van der Waals surface area contributed by atoms with Crippen LogP contribution in [0.5, 0.6) is 17.2 Å². The number of nitrogens with one attached hydrogen (secondary N) is 1. The highest BCUT2D eigenvalue weighted by atomic mass is 16.7. The molecule has 1 aliphatic heterocycles. The number of methoxy groups -OCH3 is 1. The van der Waals surface area contributed by atoms with E-state index in [1.165, 1.54) is 0 Å². The van der Waals surface area contributed by atoms with E-state index in [0.29, 0.717) is 29.1 Å². The SMILES string of the molecule is COc1ccc(CN(C(=O)Cn2nnc3ccccc32)[C@@H](C(=O)Nc2ccc3c(c2)OCO3)[C@@H]2CC=CCC2)cc1. The third kappa shape index (κ3) is 5.72. The molecule has 2 atom stereocenters. The average Bonchev–Trinajstić information content (AvgIpc) is 3.64. The maximum absolute atomic E-state index is 14.2. The normalized spacial score (nSPS) is 16.4. The van der Waals surface area contributed by atoms with Crippen molar-refractivity contribution in [3.63, 3.8) is 0 Å². The first kappa shape index (κ1) is 26.4. The molecule has 3 aromatic carbocycles. The van der Waals surface area contributed by atoms with Crippen molar-refractivity contribution >= 4 is 28.5 Å². The van der Waals surface area contributed by atoms with E-state index in [2.05, 4.69) is 27.8 Å². The van der Waals surface area contributed by atoms with Gasteiger partial charge in [0.1, 0.15) is 23.9 Å². The van der Waals surface area contributed by atoms with Crippen molar-refractivity contribution in [2.75, 3.05) is 19.2 Å². The van der Waals surface area contributed by atoms with Crippen LogP contribution in [0.3, 0.4) is 0 Å². The third-order valence-corrected chi connectivity index (χ3v) is 7.54. The molecule has 6 rings (SSSR count). The summed E-state index contributed by atoms with van der Waals surface area (Å²) in [6.45, 7) is 0.340. The monoisotopic (exact) mass is 553 g/mol. The highest BCUT2D eigenvalue weighted by Crippen LogP contribution is 2.35. The zero-order valence-electron chi connectivity index (χ0n) is 22.7. The second-order valence-corrected chi connectivity index (χ2v) is 10.2. The van der Waals surface area contributed by atoms with Crippen LogP contribution in [0, 0.1) is 5.92 Å². The van der Waals surface area contributed by atoms with E-state index in [0.717, 1.165) is 29.7 Å². The minimum Gasteiger partial charge on any atom is -0.497 e. The lowest BCUT2D eigenvalue weighted by atomic mass is 9.85. The van der Waals surface area contributed by atoms with Crippen LogP contribution in [0.2, 0.25) is 0 Å². The van der Waals surface area contributed by atoms with E-state index in [1.807, 2.05) is 48.5 Å². The van der Waals surface area contributed by atoms with E-state index in [1.54, 1.807) is 34.9 Å². The summed E-state index contributed by atoms with van der Waals surface area (Å²) >= 11 is 0. The Labute approximate surface area is 237 Å². The molecular weight excluding hydrogens is 522 g/mol. The number of benzene rings is 3. The lowest BCUT2D eigenvalue weighted by molar-refractivity contribution is -0.142. The highest BCUT2D eigenvalue weighted by molar-refractivity contribution is 5.98. The van der Waals surface area contributed by atoms with Crippen LogP contribution in [-0.4, -0.2) is 51.7 Å². The molecule has 0 unspecified atom stereocenters. The smallest absolute Gasteiger partial charge is 0.247 e. The van der Waals surface area contributed by atoms with Crippen molar-refractivity contribution in [2.24, 2.45) is 5.92 Å². The molecule has 210 valence electrons. The second-order valence-electron chi connectivity index (χ2n) is 10.2. The molecule has 0 saturated carbocycles. The van der Waals surface area contributed by atoms with Gasteiger partial charge in [-0.3, -0.25) is 9.59 Å². The Morgan fingerprint density at radius 1 is 1.07 bits per heavy atom. The van der Waals surface area contributed by atoms with Crippen LogP contribution in [0.4, 0.5) is 5.69 Å². The molecule has 2 aliphatic rings. The van der Waals surface area contributed by atoms with E-state index >= 15 is 0 Å². The molecule has 0 saturated heterocycles. The Bertz CT molecular complexity index is 1580. The number of carbonyl (C=O) groups excluding carboxylic acids is 2. The largest absolute Gasteiger partial charge is 0.497 e. The predicted octanol–water partition coefficient (Wildman–Crippen LogP) is 4.56. The van der Waals surface area contributed by atoms with Gasteiger partial charge in [0.2, 0.25) is 18.6 Å². The van der Waals surface area contributed by atoms with Gasteiger partial charge in [0.25, 0.3) is 0 Å². The quantitative estimate of drug-likeness (QED) is 0.303. The topological polar surface area (TPSA) is 108 Å². The van der Waals surface area contributed by atoms with Gasteiger partial charge in [0.15, 0.2) is 11.5 Å². The lowest BCUT2D eigenvalue weighted by Gasteiger charge is -2.37.